The minimum absolute atomic E-state index is 0.100. The van der Waals surface area contributed by atoms with Crippen molar-refractivity contribution < 1.29 is 4.79 Å². The number of hydrogen-bond acceptors (Lipinski definition) is 5. The third-order valence-corrected chi connectivity index (χ3v) is 7.29. The third kappa shape index (κ3) is 4.21. The van der Waals surface area contributed by atoms with Gasteiger partial charge in [-0.2, -0.15) is 0 Å². The van der Waals surface area contributed by atoms with Crippen molar-refractivity contribution in [3.05, 3.63) is 94.5 Å². The lowest BCUT2D eigenvalue weighted by molar-refractivity contribution is -0.116. The molecule has 0 fully saturated rings. The number of aromatic nitrogens is 3. The molecule has 1 aliphatic rings. The van der Waals surface area contributed by atoms with Crippen LogP contribution in [0.25, 0.3) is 11.4 Å². The average molecular weight is 476 g/mol. The molecule has 0 saturated heterocycles. The predicted molar refractivity (Wildman–Crippen MR) is 133 cm³/mol. The fraction of sp³-hybridized carbons (Fsp3) is 0.160. The molecule has 0 spiro atoms. The Morgan fingerprint density at radius 3 is 2.52 bits per heavy atom. The van der Waals surface area contributed by atoms with Crippen molar-refractivity contribution in [2.45, 2.75) is 30.3 Å². The molecule has 0 radical (unpaired) electrons. The van der Waals surface area contributed by atoms with Gasteiger partial charge in [0.2, 0.25) is 11.1 Å². The van der Waals surface area contributed by atoms with Crippen LogP contribution >= 0.6 is 23.4 Å². The van der Waals surface area contributed by atoms with Gasteiger partial charge in [-0.25, -0.2) is 4.68 Å². The first-order valence-electron chi connectivity index (χ1n) is 10.6. The molecule has 2 heterocycles. The maximum absolute atomic E-state index is 13.5. The summed E-state index contributed by atoms with van der Waals surface area (Å²) in [6.07, 6.45) is 0. The Hall–Kier alpha value is -3.29. The number of thioether (sulfide) groups is 1. The Kier molecular flexibility index (Phi) is 5.83. The van der Waals surface area contributed by atoms with Crippen molar-refractivity contribution in [2.75, 3.05) is 10.7 Å². The number of halogens is 1. The van der Waals surface area contributed by atoms with Crippen LogP contribution in [-0.2, 0) is 4.79 Å². The van der Waals surface area contributed by atoms with Crippen LogP contribution in [0, 0.1) is 13.8 Å². The van der Waals surface area contributed by atoms with Crippen LogP contribution in [0.5, 0.6) is 0 Å². The first-order chi connectivity index (χ1) is 16.0. The Labute approximate surface area is 201 Å². The Bertz CT molecular complexity index is 1310. The number of rotatable bonds is 4. The van der Waals surface area contributed by atoms with E-state index in [4.69, 9.17) is 11.6 Å². The largest absolute Gasteiger partial charge is 0.325 e. The minimum atomic E-state index is -0.466. The lowest BCUT2D eigenvalue weighted by Gasteiger charge is -2.33. The van der Waals surface area contributed by atoms with Crippen molar-refractivity contribution in [2.24, 2.45) is 0 Å². The van der Waals surface area contributed by atoms with Crippen LogP contribution in [0.1, 0.15) is 22.7 Å². The highest BCUT2D eigenvalue weighted by Gasteiger charge is 2.38. The van der Waals surface area contributed by atoms with Crippen LogP contribution in [0.4, 0.5) is 5.69 Å². The van der Waals surface area contributed by atoms with E-state index in [0.29, 0.717) is 16.0 Å². The number of carbonyl (C=O) groups is 1. The van der Waals surface area contributed by atoms with Gasteiger partial charge in [-0.3, -0.25) is 4.79 Å². The molecule has 33 heavy (non-hydrogen) atoms. The maximum atomic E-state index is 13.5. The second-order valence-electron chi connectivity index (χ2n) is 7.94. The molecule has 1 amide bonds. The number of hydrogen-bond donors (Lipinski definition) is 2. The monoisotopic (exact) mass is 475 g/mol. The number of anilines is 1. The average Bonchev–Trinajstić information content (AvgIpc) is 3.25. The van der Waals surface area contributed by atoms with Gasteiger partial charge in [0.1, 0.15) is 5.25 Å². The smallest absolute Gasteiger partial charge is 0.240 e. The zero-order chi connectivity index (χ0) is 22.9. The van der Waals surface area contributed by atoms with E-state index in [1.165, 1.54) is 11.8 Å². The van der Waals surface area contributed by atoms with Gasteiger partial charge in [-0.15, -0.1) is 10.2 Å². The number of fused-ring (bicyclic) bond motifs is 1. The summed E-state index contributed by atoms with van der Waals surface area (Å²) in [5.74, 6) is 0.599. The third-order valence-electron chi connectivity index (χ3n) is 5.82. The van der Waals surface area contributed by atoms with Gasteiger partial charge < -0.3 is 10.7 Å². The van der Waals surface area contributed by atoms with E-state index >= 15 is 0 Å². The molecule has 3 aromatic carbocycles. The summed E-state index contributed by atoms with van der Waals surface area (Å²) in [5, 5.41) is 12.7. The van der Waals surface area contributed by atoms with E-state index in [-0.39, 0.29) is 11.9 Å². The van der Waals surface area contributed by atoms with Gasteiger partial charge in [0, 0.05) is 16.3 Å². The number of amides is 1. The van der Waals surface area contributed by atoms with Crippen molar-refractivity contribution >= 4 is 35.0 Å². The topological polar surface area (TPSA) is 71.8 Å². The number of nitrogens with one attached hydrogen (secondary N) is 2. The molecule has 0 aliphatic carbocycles. The maximum Gasteiger partial charge on any atom is 0.240 e. The summed E-state index contributed by atoms with van der Waals surface area (Å²) in [7, 11) is 0. The van der Waals surface area contributed by atoms with E-state index in [9.17, 15) is 4.79 Å². The summed E-state index contributed by atoms with van der Waals surface area (Å²) in [4.78, 5) is 13.5. The van der Waals surface area contributed by atoms with Gasteiger partial charge in [0.15, 0.2) is 5.82 Å². The van der Waals surface area contributed by atoms with E-state index in [0.717, 1.165) is 27.9 Å². The van der Waals surface area contributed by atoms with Crippen LogP contribution in [0.3, 0.4) is 0 Å². The highest BCUT2D eigenvalue weighted by Crippen LogP contribution is 2.39. The number of benzene rings is 3. The minimum Gasteiger partial charge on any atom is -0.325 e. The molecule has 2 atom stereocenters. The molecule has 0 saturated carbocycles. The second kappa shape index (κ2) is 8.92. The van der Waals surface area contributed by atoms with Crippen molar-refractivity contribution in [3.8, 4) is 11.4 Å². The van der Waals surface area contributed by atoms with E-state index in [1.807, 2.05) is 91.3 Å². The van der Waals surface area contributed by atoms with Gasteiger partial charge >= 0.3 is 0 Å². The first-order valence-corrected chi connectivity index (χ1v) is 11.8. The molecule has 1 aromatic heterocycles. The normalized spacial score (nSPS) is 17.2. The van der Waals surface area contributed by atoms with Crippen molar-refractivity contribution in [1.82, 2.24) is 14.9 Å². The zero-order valence-corrected chi connectivity index (χ0v) is 19.7. The van der Waals surface area contributed by atoms with Crippen molar-refractivity contribution in [1.29, 1.82) is 0 Å². The molecular weight excluding hydrogens is 454 g/mol. The summed E-state index contributed by atoms with van der Waals surface area (Å²) >= 11 is 7.53. The molecule has 166 valence electrons. The molecule has 2 N–H and O–H groups in total. The standard InChI is InChI=1S/C25H22ClN5OS/c1-15-7-6-10-20(16(15)2)27-24(32)22-21(17-11-13-19(26)14-12-17)30-31-23(28-29-25(31)33-22)18-8-4-3-5-9-18/h3-14,21-22,30H,1-2H3,(H,27,32)/t21-,22-/m0/s1. The van der Waals surface area contributed by atoms with E-state index in [1.54, 1.807) is 0 Å². The van der Waals surface area contributed by atoms with Crippen molar-refractivity contribution in [3.63, 3.8) is 0 Å². The lowest BCUT2D eigenvalue weighted by atomic mass is 10.0. The molecule has 5 rings (SSSR count). The highest BCUT2D eigenvalue weighted by molar-refractivity contribution is 8.00. The second-order valence-corrected chi connectivity index (χ2v) is 9.49. The first kappa shape index (κ1) is 21.6. The number of carbonyl (C=O) groups excluding carboxylic acids is 1. The molecule has 0 unspecified atom stereocenters. The molecular formula is C25H22ClN5OS. The Morgan fingerprint density at radius 2 is 1.76 bits per heavy atom. The summed E-state index contributed by atoms with van der Waals surface area (Å²) < 4.78 is 1.86. The predicted octanol–water partition coefficient (Wildman–Crippen LogP) is 5.61. The quantitative estimate of drug-likeness (QED) is 0.401. The molecule has 0 bridgehead atoms. The highest BCUT2D eigenvalue weighted by atomic mass is 35.5. The Balaban J connectivity index is 1.52. The van der Waals surface area contributed by atoms with E-state index < -0.39 is 5.25 Å². The lowest BCUT2D eigenvalue weighted by Crippen LogP contribution is -2.41. The summed E-state index contributed by atoms with van der Waals surface area (Å²) in [6, 6.07) is 23.0. The molecule has 4 aromatic rings. The summed E-state index contributed by atoms with van der Waals surface area (Å²) in [5.41, 5.74) is 8.38. The van der Waals surface area contributed by atoms with Crippen LogP contribution in [-0.4, -0.2) is 26.0 Å². The van der Waals surface area contributed by atoms with Gasteiger partial charge in [0.25, 0.3) is 0 Å². The van der Waals surface area contributed by atoms with Crippen LogP contribution < -0.4 is 10.7 Å². The Morgan fingerprint density at radius 1 is 1.00 bits per heavy atom. The van der Waals surface area contributed by atoms with Gasteiger partial charge in [-0.1, -0.05) is 78.0 Å². The molecule has 8 heteroatoms. The molecule has 1 aliphatic heterocycles. The molecule has 6 nitrogen and oxygen atoms in total. The zero-order valence-electron chi connectivity index (χ0n) is 18.1. The number of aryl methyl sites for hydroxylation is 1. The fourth-order valence-corrected chi connectivity index (χ4v) is 5.05. The van der Waals surface area contributed by atoms with Gasteiger partial charge in [0.05, 0.1) is 6.04 Å². The van der Waals surface area contributed by atoms with Crippen LogP contribution in [0.15, 0.2) is 78.0 Å². The fourth-order valence-electron chi connectivity index (χ4n) is 3.84. The summed E-state index contributed by atoms with van der Waals surface area (Å²) in [6.45, 7) is 4.04. The SMILES string of the molecule is Cc1cccc(NC(=O)[C@H]2Sc3nnc(-c4ccccc4)n3N[C@H]2c2ccc(Cl)cc2)c1C. The van der Waals surface area contributed by atoms with Gasteiger partial charge in [-0.05, 0) is 48.7 Å². The number of nitrogens with zero attached hydrogens (tertiary/aromatic N) is 3. The van der Waals surface area contributed by atoms with E-state index in [2.05, 4.69) is 20.9 Å². The van der Waals surface area contributed by atoms with Crippen LogP contribution in [0.2, 0.25) is 5.02 Å².